The van der Waals surface area contributed by atoms with E-state index in [1.165, 1.54) is 5.56 Å². The Morgan fingerprint density at radius 2 is 1.87 bits per heavy atom. The summed E-state index contributed by atoms with van der Waals surface area (Å²) in [4.78, 5) is 12.2. The Kier molecular flexibility index (Phi) is 7.59. The van der Waals surface area contributed by atoms with Crippen molar-refractivity contribution in [2.24, 2.45) is 0 Å². The molecule has 2 aromatic carbocycles. The Morgan fingerprint density at radius 1 is 1.22 bits per heavy atom. The number of nitrogens with one attached hydrogen (secondary N) is 1. The molecule has 0 saturated heterocycles. The number of carbonyl (C=O) groups is 1. The zero-order valence-corrected chi connectivity index (χ0v) is 16.7. The Hall–Kier alpha value is -1.03. The van der Waals surface area contributed by atoms with Crippen LogP contribution in [0.4, 0.5) is 5.69 Å². The molecule has 23 heavy (non-hydrogen) atoms. The van der Waals surface area contributed by atoms with Crippen LogP contribution in [-0.2, 0) is 43.9 Å². The summed E-state index contributed by atoms with van der Waals surface area (Å²) in [5.74, 6) is -0.384. The molecule has 2 rings (SSSR count). The summed E-state index contributed by atoms with van der Waals surface area (Å²) in [6.07, 6.45) is 1.03. The average Bonchev–Trinajstić information content (AvgIpc) is 2.47. The van der Waals surface area contributed by atoms with Gasteiger partial charge in [-0.1, -0.05) is 42.4 Å². The molecule has 0 heterocycles. The predicted molar refractivity (Wildman–Crippen MR) is 88.8 cm³/mol. The van der Waals surface area contributed by atoms with Gasteiger partial charge in [0.05, 0.1) is 0 Å². The fourth-order valence-corrected chi connectivity index (χ4v) is 2.19. The molecule has 0 saturated carbocycles. The molecular weight excluding hydrogens is 363 g/mol. The standard InChI is InChI=1S/C19H22NO2.Y/c1-14-7-9-16(10-8-14)11-12-19(3,22)18(21)20-17-6-4-5-15(2)13-17;/h4,6-10,13,22H,11-12H2,1-3H3,(H,20,21);/q-1;/t19-;/m0./s1. The molecule has 2 aromatic rings. The second-order valence-electron chi connectivity index (χ2n) is 5.97. The van der Waals surface area contributed by atoms with E-state index in [0.29, 0.717) is 18.5 Å². The molecule has 2 N–H and O–H groups in total. The van der Waals surface area contributed by atoms with Crippen LogP contribution in [0.5, 0.6) is 0 Å². The van der Waals surface area contributed by atoms with Crippen LogP contribution in [0.1, 0.15) is 30.0 Å². The summed E-state index contributed by atoms with van der Waals surface area (Å²) in [7, 11) is 0. The number of amides is 1. The van der Waals surface area contributed by atoms with Gasteiger partial charge in [-0.2, -0.15) is 17.7 Å². The topological polar surface area (TPSA) is 49.3 Å². The molecule has 0 fully saturated rings. The minimum absolute atomic E-state index is 0. The maximum atomic E-state index is 12.2. The molecule has 1 amide bonds. The van der Waals surface area contributed by atoms with Crippen LogP contribution >= 0.6 is 0 Å². The fourth-order valence-electron chi connectivity index (χ4n) is 2.19. The number of hydrogen-bond acceptors (Lipinski definition) is 2. The number of carbonyl (C=O) groups excluding carboxylic acids is 1. The van der Waals surface area contributed by atoms with Crippen LogP contribution in [0.25, 0.3) is 0 Å². The Balaban J connectivity index is 0.00000264. The molecule has 0 aliphatic carbocycles. The summed E-state index contributed by atoms with van der Waals surface area (Å²) in [6.45, 7) is 5.50. The van der Waals surface area contributed by atoms with E-state index in [1.807, 2.05) is 44.2 Å². The molecular formula is C19H22NO2Y-. The molecule has 1 atom stereocenters. The Morgan fingerprint density at radius 3 is 2.48 bits per heavy atom. The quantitative estimate of drug-likeness (QED) is 0.775. The van der Waals surface area contributed by atoms with Crippen molar-refractivity contribution in [3.63, 3.8) is 0 Å². The molecule has 3 nitrogen and oxygen atoms in total. The fraction of sp³-hybridized carbons (Fsp3) is 0.316. The summed E-state index contributed by atoms with van der Waals surface area (Å²) >= 11 is 0. The second kappa shape index (κ2) is 8.72. The molecule has 0 aliphatic rings. The summed E-state index contributed by atoms with van der Waals surface area (Å²) in [5.41, 5.74) is 2.53. The zero-order chi connectivity index (χ0) is 16.2. The SMILES string of the molecule is Cc1[c-]ccc(NC(=O)[C@@](C)(O)CCc2ccc(C)cc2)c1.[Y]. The van der Waals surface area contributed by atoms with Crippen molar-refractivity contribution in [3.05, 3.63) is 65.2 Å². The minimum atomic E-state index is -1.40. The number of rotatable bonds is 5. The van der Waals surface area contributed by atoms with Gasteiger partial charge >= 0.3 is 0 Å². The van der Waals surface area contributed by atoms with E-state index in [-0.39, 0.29) is 38.6 Å². The van der Waals surface area contributed by atoms with Crippen molar-refractivity contribution in [2.75, 3.05) is 5.32 Å². The third-order valence-corrected chi connectivity index (χ3v) is 3.71. The average molecular weight is 385 g/mol. The molecule has 0 bridgehead atoms. The summed E-state index contributed by atoms with van der Waals surface area (Å²) in [6, 6.07) is 16.5. The predicted octanol–water partition coefficient (Wildman–Crippen LogP) is 3.42. The van der Waals surface area contributed by atoms with Crippen LogP contribution in [-0.4, -0.2) is 16.6 Å². The monoisotopic (exact) mass is 385 g/mol. The normalized spacial score (nSPS) is 12.9. The Bertz CT molecular complexity index is 651. The maximum absolute atomic E-state index is 12.2. The van der Waals surface area contributed by atoms with Gasteiger partial charge in [-0.15, -0.1) is 12.1 Å². The van der Waals surface area contributed by atoms with E-state index in [2.05, 4.69) is 11.4 Å². The van der Waals surface area contributed by atoms with E-state index < -0.39 is 5.60 Å². The molecule has 119 valence electrons. The first-order valence-corrected chi connectivity index (χ1v) is 7.44. The van der Waals surface area contributed by atoms with E-state index >= 15 is 0 Å². The number of aryl methyl sites for hydroxylation is 3. The third kappa shape index (κ3) is 6.17. The van der Waals surface area contributed by atoms with Gasteiger partial charge in [0.2, 0.25) is 0 Å². The first kappa shape index (κ1) is 20.0. The van der Waals surface area contributed by atoms with Crippen LogP contribution < -0.4 is 5.32 Å². The van der Waals surface area contributed by atoms with Crippen molar-refractivity contribution < 1.29 is 42.6 Å². The summed E-state index contributed by atoms with van der Waals surface area (Å²) in [5, 5.41) is 13.2. The third-order valence-electron chi connectivity index (χ3n) is 3.71. The number of benzene rings is 2. The van der Waals surface area contributed by atoms with Gasteiger partial charge in [0, 0.05) is 32.7 Å². The van der Waals surface area contributed by atoms with Crippen molar-refractivity contribution in [1.29, 1.82) is 0 Å². The smallest absolute Gasteiger partial charge is 0.254 e. The van der Waals surface area contributed by atoms with Crippen molar-refractivity contribution in [3.8, 4) is 0 Å². The molecule has 0 aliphatic heterocycles. The second-order valence-corrected chi connectivity index (χ2v) is 5.97. The van der Waals surface area contributed by atoms with Gasteiger partial charge in [-0.05, 0) is 32.3 Å². The van der Waals surface area contributed by atoms with E-state index in [1.54, 1.807) is 19.1 Å². The summed E-state index contributed by atoms with van der Waals surface area (Å²) < 4.78 is 0. The molecule has 4 heteroatoms. The molecule has 0 unspecified atom stereocenters. The number of aliphatic hydroxyl groups is 1. The van der Waals surface area contributed by atoms with Crippen LogP contribution in [0, 0.1) is 19.9 Å². The van der Waals surface area contributed by atoms with Crippen molar-refractivity contribution in [2.45, 2.75) is 39.2 Å². The van der Waals surface area contributed by atoms with Crippen molar-refractivity contribution >= 4 is 11.6 Å². The van der Waals surface area contributed by atoms with E-state index in [0.717, 1.165) is 11.1 Å². The first-order chi connectivity index (χ1) is 10.4. The van der Waals surface area contributed by atoms with Crippen LogP contribution in [0.3, 0.4) is 0 Å². The van der Waals surface area contributed by atoms with Gasteiger partial charge in [0.1, 0.15) is 5.60 Å². The minimum Gasteiger partial charge on any atom is -0.380 e. The number of anilines is 1. The van der Waals surface area contributed by atoms with E-state index in [4.69, 9.17) is 0 Å². The van der Waals surface area contributed by atoms with Gasteiger partial charge in [0.15, 0.2) is 0 Å². The maximum Gasteiger partial charge on any atom is 0.254 e. The van der Waals surface area contributed by atoms with Gasteiger partial charge in [-0.25, -0.2) is 0 Å². The Labute approximate surface area is 163 Å². The van der Waals surface area contributed by atoms with Crippen LogP contribution in [0.15, 0.2) is 42.5 Å². The van der Waals surface area contributed by atoms with Crippen molar-refractivity contribution in [1.82, 2.24) is 0 Å². The van der Waals surface area contributed by atoms with Crippen LogP contribution in [0.2, 0.25) is 0 Å². The van der Waals surface area contributed by atoms with E-state index in [9.17, 15) is 9.90 Å². The largest absolute Gasteiger partial charge is 0.380 e. The van der Waals surface area contributed by atoms with Gasteiger partial charge < -0.3 is 10.4 Å². The number of hydrogen-bond donors (Lipinski definition) is 2. The first-order valence-electron chi connectivity index (χ1n) is 7.44. The molecule has 0 aromatic heterocycles. The zero-order valence-electron chi connectivity index (χ0n) is 13.9. The van der Waals surface area contributed by atoms with Gasteiger partial charge in [0.25, 0.3) is 5.91 Å². The van der Waals surface area contributed by atoms with Gasteiger partial charge in [-0.3, -0.25) is 4.79 Å². The molecule has 0 spiro atoms. The molecule has 1 radical (unpaired) electrons.